The zero-order chi connectivity index (χ0) is 14.4. The van der Waals surface area contributed by atoms with Crippen molar-refractivity contribution in [3.63, 3.8) is 0 Å². The summed E-state index contributed by atoms with van der Waals surface area (Å²) in [5.74, 6) is 0.100. The highest BCUT2D eigenvalue weighted by Crippen LogP contribution is 2.36. The van der Waals surface area contributed by atoms with Gasteiger partial charge in [-0.2, -0.15) is 0 Å². The van der Waals surface area contributed by atoms with Crippen molar-refractivity contribution < 1.29 is 19.3 Å². The Balaban J connectivity index is 2.11. The normalized spacial score (nSPS) is 30.2. The van der Waals surface area contributed by atoms with Crippen LogP contribution in [-0.4, -0.2) is 54.7 Å². The monoisotopic (exact) mass is 303 g/mol. The maximum absolute atomic E-state index is 14.1. The molecule has 0 aliphatic carbocycles. The summed E-state index contributed by atoms with van der Waals surface area (Å²) < 4.78 is 20.6. The van der Waals surface area contributed by atoms with Crippen LogP contribution in [0.4, 0.5) is 10.2 Å². The van der Waals surface area contributed by atoms with E-state index in [0.717, 1.165) is 0 Å². The lowest BCUT2D eigenvalue weighted by Gasteiger charge is -2.15. The number of hydrogen-bond donors (Lipinski definition) is 3. The van der Waals surface area contributed by atoms with Crippen LogP contribution in [0.1, 0.15) is 6.23 Å². The number of halogens is 2. The van der Waals surface area contributed by atoms with E-state index in [1.54, 1.807) is 0 Å². The molecule has 1 aliphatic rings. The lowest BCUT2D eigenvalue weighted by atomic mass is 10.1. The molecule has 0 aromatic carbocycles. The van der Waals surface area contributed by atoms with Crippen LogP contribution in [-0.2, 0) is 4.74 Å². The van der Waals surface area contributed by atoms with E-state index in [1.807, 2.05) is 0 Å². The van der Waals surface area contributed by atoms with Crippen LogP contribution in [0.25, 0.3) is 11.2 Å². The van der Waals surface area contributed by atoms with Crippen molar-refractivity contribution in [2.24, 2.45) is 0 Å². The first-order valence-electron chi connectivity index (χ1n) is 5.77. The number of fused-ring (bicyclic) bond motifs is 1. The average molecular weight is 304 g/mol. The SMILES string of the molecule is Nc1ncnc2c1nc(Cl)n2[C@@H]1O[C@H](CO)[C@@H](O)[C@H]1F. The number of alkyl halides is 1. The van der Waals surface area contributed by atoms with Gasteiger partial charge in [0, 0.05) is 0 Å². The van der Waals surface area contributed by atoms with E-state index in [1.165, 1.54) is 10.9 Å². The van der Waals surface area contributed by atoms with Crippen LogP contribution in [0.3, 0.4) is 0 Å². The minimum absolute atomic E-state index is 0.0920. The molecule has 4 N–H and O–H groups in total. The number of aliphatic hydroxyl groups is 2. The number of hydrogen-bond acceptors (Lipinski definition) is 7. The van der Waals surface area contributed by atoms with Gasteiger partial charge in [0.2, 0.25) is 5.28 Å². The molecule has 4 atom stereocenters. The zero-order valence-electron chi connectivity index (χ0n) is 10.0. The molecule has 2 aromatic heterocycles. The van der Waals surface area contributed by atoms with Crippen molar-refractivity contribution in [2.75, 3.05) is 12.3 Å². The molecule has 0 amide bonds. The number of nitrogens with two attached hydrogens (primary N) is 1. The average Bonchev–Trinajstić information content (AvgIpc) is 2.90. The van der Waals surface area contributed by atoms with Crippen molar-refractivity contribution in [3.05, 3.63) is 11.6 Å². The van der Waals surface area contributed by atoms with Crippen molar-refractivity contribution in [2.45, 2.75) is 24.6 Å². The molecule has 0 spiro atoms. The van der Waals surface area contributed by atoms with E-state index in [0.29, 0.717) is 0 Å². The lowest BCUT2D eigenvalue weighted by Crippen LogP contribution is -2.30. The summed E-state index contributed by atoms with van der Waals surface area (Å²) in [6.07, 6.45) is -4.33. The molecule has 1 fully saturated rings. The van der Waals surface area contributed by atoms with Gasteiger partial charge in [0.15, 0.2) is 29.4 Å². The van der Waals surface area contributed by atoms with E-state index in [2.05, 4.69) is 15.0 Å². The molecule has 0 unspecified atom stereocenters. The third-order valence-electron chi connectivity index (χ3n) is 3.19. The quantitative estimate of drug-likeness (QED) is 0.649. The molecule has 1 saturated heterocycles. The number of rotatable bonds is 2. The summed E-state index contributed by atoms with van der Waals surface area (Å²) in [6, 6.07) is 0. The zero-order valence-corrected chi connectivity index (χ0v) is 10.8. The van der Waals surface area contributed by atoms with Crippen LogP contribution < -0.4 is 5.73 Å². The third kappa shape index (κ3) is 1.82. The molecule has 20 heavy (non-hydrogen) atoms. The number of ether oxygens (including phenoxy) is 1. The van der Waals surface area contributed by atoms with E-state index < -0.39 is 31.2 Å². The fourth-order valence-corrected chi connectivity index (χ4v) is 2.45. The number of aliphatic hydroxyl groups excluding tert-OH is 2. The first-order chi connectivity index (χ1) is 9.54. The minimum atomic E-state index is -1.78. The Morgan fingerprint density at radius 2 is 2.25 bits per heavy atom. The van der Waals surface area contributed by atoms with Crippen molar-refractivity contribution in [1.29, 1.82) is 0 Å². The number of anilines is 1. The highest BCUT2D eigenvalue weighted by atomic mass is 35.5. The first-order valence-corrected chi connectivity index (χ1v) is 6.14. The number of nitrogens with zero attached hydrogens (tertiary/aromatic N) is 4. The highest BCUT2D eigenvalue weighted by molar-refractivity contribution is 6.29. The lowest BCUT2D eigenvalue weighted by molar-refractivity contribution is -0.0458. The molecule has 1 aliphatic heterocycles. The number of imidazole rings is 1. The van der Waals surface area contributed by atoms with Crippen molar-refractivity contribution in [3.8, 4) is 0 Å². The highest BCUT2D eigenvalue weighted by Gasteiger charge is 2.46. The van der Waals surface area contributed by atoms with Gasteiger partial charge in [0.25, 0.3) is 0 Å². The van der Waals surface area contributed by atoms with E-state index >= 15 is 0 Å². The maximum Gasteiger partial charge on any atom is 0.207 e. The van der Waals surface area contributed by atoms with E-state index in [4.69, 9.17) is 27.2 Å². The second-order valence-corrected chi connectivity index (χ2v) is 4.70. The van der Waals surface area contributed by atoms with Crippen LogP contribution >= 0.6 is 11.6 Å². The standard InChI is InChI=1S/C10H11ClFN5O3/c11-10-16-5-7(13)14-2-15-8(5)17(10)9-4(12)6(19)3(1-18)20-9/h2-4,6,9,18-19H,1H2,(H2,13,14,15)/t3-,4-,6-,9-/m1/s1. The molecule has 108 valence electrons. The molecule has 3 rings (SSSR count). The third-order valence-corrected chi connectivity index (χ3v) is 3.46. The Labute approximate surface area is 117 Å². The van der Waals surface area contributed by atoms with Crippen LogP contribution in [0, 0.1) is 0 Å². The van der Waals surface area contributed by atoms with Gasteiger partial charge in [-0.15, -0.1) is 0 Å². The summed E-state index contributed by atoms with van der Waals surface area (Å²) in [4.78, 5) is 11.7. The fraction of sp³-hybridized carbons (Fsp3) is 0.500. The van der Waals surface area contributed by atoms with Gasteiger partial charge in [-0.1, -0.05) is 0 Å². The molecule has 8 nitrogen and oxygen atoms in total. The molecule has 2 aromatic rings. The topological polar surface area (TPSA) is 119 Å². The number of nitrogen functional groups attached to an aromatic ring is 1. The van der Waals surface area contributed by atoms with Crippen LogP contribution in [0.15, 0.2) is 6.33 Å². The van der Waals surface area contributed by atoms with Gasteiger partial charge in [-0.25, -0.2) is 19.3 Å². The van der Waals surface area contributed by atoms with E-state index in [9.17, 15) is 9.50 Å². The Kier molecular flexibility index (Phi) is 3.21. The van der Waals surface area contributed by atoms with Crippen LogP contribution in [0.2, 0.25) is 5.28 Å². The van der Waals surface area contributed by atoms with Crippen molar-refractivity contribution >= 4 is 28.6 Å². The predicted molar refractivity (Wildman–Crippen MR) is 66.6 cm³/mol. The summed E-state index contributed by atoms with van der Waals surface area (Å²) in [7, 11) is 0. The summed E-state index contributed by atoms with van der Waals surface area (Å²) in [5, 5.41) is 18.6. The molecule has 3 heterocycles. The number of aromatic nitrogens is 4. The predicted octanol–water partition coefficient (Wildman–Crippen LogP) is -0.349. The molecule has 10 heteroatoms. The molecular weight excluding hydrogens is 293 g/mol. The molecule has 0 saturated carbocycles. The Morgan fingerprint density at radius 1 is 1.50 bits per heavy atom. The van der Waals surface area contributed by atoms with Gasteiger partial charge >= 0.3 is 0 Å². The minimum Gasteiger partial charge on any atom is -0.394 e. The van der Waals surface area contributed by atoms with Gasteiger partial charge in [0.05, 0.1) is 6.61 Å². The molecule has 0 radical (unpaired) electrons. The summed E-state index contributed by atoms with van der Waals surface area (Å²) in [5.41, 5.74) is 6.06. The fourth-order valence-electron chi connectivity index (χ4n) is 2.19. The Morgan fingerprint density at radius 3 is 2.90 bits per heavy atom. The Hall–Kier alpha value is -1.55. The van der Waals surface area contributed by atoms with Gasteiger partial charge in [-0.3, -0.25) is 4.57 Å². The molecule has 0 bridgehead atoms. The second kappa shape index (κ2) is 4.77. The van der Waals surface area contributed by atoms with Crippen molar-refractivity contribution in [1.82, 2.24) is 19.5 Å². The van der Waals surface area contributed by atoms with Gasteiger partial charge in [-0.05, 0) is 11.6 Å². The molecular formula is C10H11ClFN5O3. The second-order valence-electron chi connectivity index (χ2n) is 4.36. The van der Waals surface area contributed by atoms with Gasteiger partial charge in [0.1, 0.15) is 18.5 Å². The largest absolute Gasteiger partial charge is 0.394 e. The summed E-state index contributed by atoms with van der Waals surface area (Å²) in [6.45, 7) is -0.514. The Bertz CT molecular complexity index is 653. The maximum atomic E-state index is 14.1. The van der Waals surface area contributed by atoms with Crippen LogP contribution in [0.5, 0.6) is 0 Å². The summed E-state index contributed by atoms with van der Waals surface area (Å²) >= 11 is 5.96. The first kappa shape index (κ1) is 13.4. The smallest absolute Gasteiger partial charge is 0.207 e. The van der Waals surface area contributed by atoms with Gasteiger partial charge < -0.3 is 20.7 Å². The van der Waals surface area contributed by atoms with E-state index in [-0.39, 0.29) is 22.3 Å².